The molecule has 8 heteroatoms. The summed E-state index contributed by atoms with van der Waals surface area (Å²) in [6.45, 7) is 6.56. The molecule has 0 radical (unpaired) electrons. The van der Waals surface area contributed by atoms with E-state index in [1.54, 1.807) is 33.9 Å². The van der Waals surface area contributed by atoms with Crippen molar-refractivity contribution in [3.8, 4) is 6.07 Å². The molecular formula is C30H26BrClN4O2. The summed E-state index contributed by atoms with van der Waals surface area (Å²) in [4.78, 5) is 28.6. The van der Waals surface area contributed by atoms with Gasteiger partial charge in [0.2, 0.25) is 0 Å². The fraction of sp³-hybridized carbons (Fsp3) is 0.233. The lowest BCUT2D eigenvalue weighted by Crippen LogP contribution is -2.32. The number of rotatable bonds is 6. The Hall–Kier alpha value is -3.60. The summed E-state index contributed by atoms with van der Waals surface area (Å²) in [5.74, 6) is -0.178. The zero-order valence-electron chi connectivity index (χ0n) is 21.3. The van der Waals surface area contributed by atoms with Crippen molar-refractivity contribution in [2.75, 3.05) is 4.90 Å². The van der Waals surface area contributed by atoms with Gasteiger partial charge in [-0.05, 0) is 77.2 Å². The highest BCUT2D eigenvalue weighted by atomic mass is 79.9. The summed E-state index contributed by atoms with van der Waals surface area (Å²) in [7, 11) is 0. The number of nitrogens with zero attached hydrogens (tertiary/aromatic N) is 4. The molecule has 38 heavy (non-hydrogen) atoms. The summed E-state index contributed by atoms with van der Waals surface area (Å²) in [6.07, 6.45) is 2.64. The van der Waals surface area contributed by atoms with Gasteiger partial charge in [0.1, 0.15) is 11.1 Å². The highest BCUT2D eigenvalue weighted by Gasteiger charge is 2.43. The van der Waals surface area contributed by atoms with Crippen LogP contribution in [0.2, 0.25) is 5.02 Å². The first-order chi connectivity index (χ1) is 18.2. The Morgan fingerprint density at radius 1 is 1.03 bits per heavy atom. The lowest BCUT2D eigenvalue weighted by Gasteiger charge is -2.29. The summed E-state index contributed by atoms with van der Waals surface area (Å²) < 4.78 is 4.47. The molecule has 5 rings (SSSR count). The van der Waals surface area contributed by atoms with Gasteiger partial charge in [0.05, 0.1) is 39.7 Å². The van der Waals surface area contributed by atoms with Crippen molar-refractivity contribution in [1.82, 2.24) is 9.13 Å². The van der Waals surface area contributed by atoms with E-state index in [0.717, 1.165) is 27.8 Å². The minimum atomic E-state index is -0.468. The molecule has 0 saturated carbocycles. The first-order valence-corrected chi connectivity index (χ1v) is 13.6. The van der Waals surface area contributed by atoms with E-state index >= 15 is 0 Å². The number of nitriles is 1. The van der Waals surface area contributed by atoms with E-state index < -0.39 is 6.04 Å². The summed E-state index contributed by atoms with van der Waals surface area (Å²) in [5, 5.41) is 9.35. The predicted octanol–water partition coefficient (Wildman–Crippen LogP) is 6.88. The molecule has 0 fully saturated rings. The van der Waals surface area contributed by atoms with Crippen LogP contribution in [0.3, 0.4) is 0 Å². The van der Waals surface area contributed by atoms with Gasteiger partial charge in [-0.2, -0.15) is 5.26 Å². The molecule has 0 aliphatic carbocycles. The lowest BCUT2D eigenvalue weighted by molar-refractivity contribution is 0.0993. The van der Waals surface area contributed by atoms with Gasteiger partial charge >= 0.3 is 0 Å². The maximum atomic E-state index is 13.9. The monoisotopic (exact) mass is 588 g/mol. The molecule has 2 aromatic carbocycles. The fourth-order valence-electron chi connectivity index (χ4n) is 5.08. The number of carbonyl (C=O) groups excluding carboxylic acids is 1. The van der Waals surface area contributed by atoms with E-state index in [2.05, 4.69) is 59.5 Å². The van der Waals surface area contributed by atoms with Crippen molar-refractivity contribution in [2.45, 2.75) is 45.8 Å². The molecule has 1 amide bonds. The van der Waals surface area contributed by atoms with Crippen molar-refractivity contribution in [3.05, 3.63) is 120 Å². The van der Waals surface area contributed by atoms with E-state index in [0.29, 0.717) is 23.4 Å². The maximum Gasteiger partial charge on any atom is 0.269 e. The van der Waals surface area contributed by atoms with Crippen LogP contribution in [0.4, 0.5) is 5.69 Å². The van der Waals surface area contributed by atoms with Crippen molar-refractivity contribution in [3.63, 3.8) is 0 Å². The first-order valence-electron chi connectivity index (χ1n) is 12.5. The van der Waals surface area contributed by atoms with Gasteiger partial charge in [-0.3, -0.25) is 14.5 Å². The van der Waals surface area contributed by atoms with E-state index in [1.165, 1.54) is 5.56 Å². The number of benzene rings is 2. The number of aromatic nitrogens is 2. The molecule has 1 atom stereocenters. The molecule has 1 aliphatic rings. The van der Waals surface area contributed by atoms with Crippen LogP contribution < -0.4 is 10.5 Å². The van der Waals surface area contributed by atoms with E-state index in [9.17, 15) is 14.9 Å². The lowest BCUT2D eigenvalue weighted by atomic mass is 10.0. The van der Waals surface area contributed by atoms with Gasteiger partial charge in [0.25, 0.3) is 11.5 Å². The first kappa shape index (κ1) is 26.0. The molecule has 0 spiro atoms. The second-order valence-electron chi connectivity index (χ2n) is 9.69. The summed E-state index contributed by atoms with van der Waals surface area (Å²) in [5.41, 5.74) is 5.23. The van der Waals surface area contributed by atoms with Crippen molar-refractivity contribution in [2.24, 2.45) is 0 Å². The molecule has 1 unspecified atom stereocenters. The normalized spacial score (nSPS) is 14.7. The summed E-state index contributed by atoms with van der Waals surface area (Å²) in [6, 6.07) is 20.5. The van der Waals surface area contributed by atoms with E-state index in [-0.39, 0.29) is 22.5 Å². The van der Waals surface area contributed by atoms with Gasteiger partial charge in [-0.1, -0.05) is 54.9 Å². The minimum absolute atomic E-state index is 0.0450. The molecule has 6 nitrogen and oxygen atoms in total. The number of fused-ring (bicyclic) bond motifs is 1. The molecular weight excluding hydrogens is 564 g/mol. The van der Waals surface area contributed by atoms with Crippen LogP contribution in [0, 0.1) is 11.3 Å². The van der Waals surface area contributed by atoms with Crippen molar-refractivity contribution < 1.29 is 4.79 Å². The van der Waals surface area contributed by atoms with Crippen LogP contribution in [0.5, 0.6) is 0 Å². The minimum Gasteiger partial charge on any atom is -0.334 e. The Morgan fingerprint density at radius 3 is 2.29 bits per heavy atom. The Balaban J connectivity index is 1.65. The molecule has 3 heterocycles. The van der Waals surface area contributed by atoms with Crippen LogP contribution in [0.15, 0.2) is 76.3 Å². The van der Waals surface area contributed by atoms with Gasteiger partial charge in [-0.15, -0.1) is 0 Å². The number of hydrogen-bond acceptors (Lipinski definition) is 3. The van der Waals surface area contributed by atoms with Gasteiger partial charge < -0.3 is 9.13 Å². The van der Waals surface area contributed by atoms with Gasteiger partial charge in [0, 0.05) is 12.2 Å². The average Bonchev–Trinajstić information content (AvgIpc) is 3.39. The number of anilines is 1. The number of halogens is 2. The van der Waals surface area contributed by atoms with E-state index in [4.69, 9.17) is 11.6 Å². The van der Waals surface area contributed by atoms with Crippen molar-refractivity contribution >= 4 is 39.1 Å². The molecule has 192 valence electrons. The third kappa shape index (κ3) is 4.48. The number of pyridine rings is 1. The molecule has 0 bridgehead atoms. The number of aryl methyl sites for hydroxylation is 1. The van der Waals surface area contributed by atoms with Gasteiger partial charge in [-0.25, -0.2) is 0 Å². The second kappa shape index (κ2) is 10.3. The Morgan fingerprint density at radius 2 is 1.68 bits per heavy atom. The highest BCUT2D eigenvalue weighted by molar-refractivity contribution is 9.10. The van der Waals surface area contributed by atoms with Crippen LogP contribution in [-0.4, -0.2) is 15.0 Å². The quantitative estimate of drug-likeness (QED) is 0.246. The Labute approximate surface area is 234 Å². The summed E-state index contributed by atoms with van der Waals surface area (Å²) >= 11 is 10.1. The average molecular weight is 590 g/mol. The molecule has 0 N–H and O–H groups in total. The second-order valence-corrected chi connectivity index (χ2v) is 10.9. The number of amides is 1. The highest BCUT2D eigenvalue weighted by Crippen LogP contribution is 2.45. The van der Waals surface area contributed by atoms with E-state index in [1.807, 2.05) is 30.3 Å². The largest absolute Gasteiger partial charge is 0.334 e. The fourth-order valence-corrected chi connectivity index (χ4v) is 6.13. The zero-order valence-corrected chi connectivity index (χ0v) is 23.6. The van der Waals surface area contributed by atoms with Crippen molar-refractivity contribution in [1.29, 1.82) is 5.26 Å². The number of carbonyl (C=O) groups is 1. The smallest absolute Gasteiger partial charge is 0.269 e. The standard InChI is InChI=1S/C30H26BrClN4O2/c1-4-19-5-7-21(8-6-19)16-34-17-23(13-25(32)30(34)38)36-27(22-11-9-20(15-33)10-12-22)28-24(29(36)37)14-26(31)35(28)18(2)3/h5-14,17-18,27H,4,16H2,1-3H3. The molecule has 4 aromatic rings. The Bertz CT molecular complexity index is 1630. The third-order valence-electron chi connectivity index (χ3n) is 6.96. The SMILES string of the molecule is CCc1ccc(Cn2cc(N3C(=O)c4cc(Br)n(C(C)C)c4C3c3ccc(C#N)cc3)cc(Cl)c2=O)cc1. The van der Waals surface area contributed by atoms with Crippen LogP contribution in [0.25, 0.3) is 0 Å². The Kier molecular flexibility index (Phi) is 7.04. The van der Waals surface area contributed by atoms with Crippen LogP contribution >= 0.6 is 27.5 Å². The zero-order chi connectivity index (χ0) is 27.1. The predicted molar refractivity (Wildman–Crippen MR) is 153 cm³/mol. The molecule has 0 saturated heterocycles. The van der Waals surface area contributed by atoms with Crippen LogP contribution in [-0.2, 0) is 13.0 Å². The maximum absolute atomic E-state index is 13.9. The van der Waals surface area contributed by atoms with Gasteiger partial charge in [0.15, 0.2) is 0 Å². The topological polar surface area (TPSA) is 71.0 Å². The molecule has 1 aliphatic heterocycles. The number of hydrogen-bond donors (Lipinski definition) is 0. The molecule has 2 aromatic heterocycles. The third-order valence-corrected chi connectivity index (χ3v) is 7.84. The van der Waals surface area contributed by atoms with Crippen LogP contribution in [0.1, 0.15) is 71.2 Å².